The lowest BCUT2D eigenvalue weighted by Crippen LogP contribution is -2.31. The van der Waals surface area contributed by atoms with E-state index in [2.05, 4.69) is 27.2 Å². The van der Waals surface area contributed by atoms with Crippen LogP contribution in [0.5, 0.6) is 0 Å². The average molecular weight is 365 g/mol. The van der Waals surface area contributed by atoms with Gasteiger partial charge in [-0.1, -0.05) is 19.8 Å². The highest BCUT2D eigenvalue weighted by atomic mass is 79.9. The van der Waals surface area contributed by atoms with Gasteiger partial charge in [0.1, 0.15) is 4.90 Å². The molecule has 0 aliphatic heterocycles. The van der Waals surface area contributed by atoms with E-state index in [1.165, 1.54) is 15.6 Å². The third-order valence-electron chi connectivity index (χ3n) is 2.49. The highest BCUT2D eigenvalue weighted by Gasteiger charge is 2.26. The first-order valence-corrected chi connectivity index (χ1v) is 8.94. The molecular weight excluding hydrogens is 348 g/mol. The van der Waals surface area contributed by atoms with Crippen molar-refractivity contribution in [3.8, 4) is 12.3 Å². The highest BCUT2D eigenvalue weighted by Crippen LogP contribution is 2.33. The minimum atomic E-state index is -3.52. The van der Waals surface area contributed by atoms with Crippen molar-refractivity contribution >= 4 is 37.3 Å². The Kier molecular flexibility index (Phi) is 6.50. The second-order valence-electron chi connectivity index (χ2n) is 3.77. The first-order valence-electron chi connectivity index (χ1n) is 5.89. The molecule has 0 bridgehead atoms. The van der Waals surface area contributed by atoms with E-state index < -0.39 is 10.0 Å². The molecule has 1 aromatic rings. The number of hydrogen-bond donors (Lipinski definition) is 1. The van der Waals surface area contributed by atoms with E-state index in [-0.39, 0.29) is 6.54 Å². The summed E-state index contributed by atoms with van der Waals surface area (Å²) in [5.41, 5.74) is 0. The van der Waals surface area contributed by atoms with Crippen molar-refractivity contribution in [3.05, 3.63) is 14.7 Å². The Morgan fingerprint density at radius 1 is 1.53 bits per heavy atom. The molecule has 0 amide bonds. The summed E-state index contributed by atoms with van der Waals surface area (Å²) in [5, 5.41) is 3.17. The van der Waals surface area contributed by atoms with Crippen LogP contribution in [0.15, 0.2) is 14.7 Å². The third-order valence-corrected chi connectivity index (χ3v) is 6.67. The van der Waals surface area contributed by atoms with Crippen LogP contribution in [0.2, 0.25) is 0 Å². The lowest BCUT2D eigenvalue weighted by Gasteiger charge is -2.17. The summed E-state index contributed by atoms with van der Waals surface area (Å²) in [6.45, 7) is 5.73. The first kappa shape index (κ1) is 16.7. The van der Waals surface area contributed by atoms with E-state index in [1.807, 2.05) is 6.92 Å². The van der Waals surface area contributed by atoms with Gasteiger partial charge in [-0.2, -0.15) is 4.31 Å². The zero-order chi connectivity index (χ0) is 14.5. The molecule has 0 aliphatic carbocycles. The van der Waals surface area contributed by atoms with Gasteiger partial charge < -0.3 is 5.32 Å². The Labute approximate surface area is 127 Å². The van der Waals surface area contributed by atoms with Crippen LogP contribution in [0, 0.1) is 12.3 Å². The van der Waals surface area contributed by atoms with Crippen LogP contribution in [0.4, 0.5) is 0 Å². The van der Waals surface area contributed by atoms with Gasteiger partial charge in [0.05, 0.1) is 10.3 Å². The van der Waals surface area contributed by atoms with E-state index in [1.54, 1.807) is 13.0 Å². The Bertz CT molecular complexity index is 561. The fraction of sp³-hybridized carbons (Fsp3) is 0.500. The monoisotopic (exact) mass is 364 g/mol. The molecule has 1 N–H and O–H groups in total. The van der Waals surface area contributed by atoms with Crippen LogP contribution >= 0.6 is 27.3 Å². The van der Waals surface area contributed by atoms with Gasteiger partial charge in [-0.05, 0) is 28.5 Å². The number of sulfonamides is 1. The summed E-state index contributed by atoms with van der Waals surface area (Å²) in [5.74, 6) is 2.38. The number of halogens is 1. The van der Waals surface area contributed by atoms with Crippen LogP contribution in [0.1, 0.15) is 18.7 Å². The molecule has 0 fully saturated rings. The van der Waals surface area contributed by atoms with Crippen LogP contribution in [-0.4, -0.2) is 32.4 Å². The largest absolute Gasteiger partial charge is 0.312 e. The summed E-state index contributed by atoms with van der Waals surface area (Å²) < 4.78 is 26.8. The van der Waals surface area contributed by atoms with Crippen molar-refractivity contribution in [2.45, 2.75) is 25.3 Å². The quantitative estimate of drug-likeness (QED) is 0.755. The molecule has 19 heavy (non-hydrogen) atoms. The number of thiophene rings is 1. The van der Waals surface area contributed by atoms with Crippen molar-refractivity contribution in [1.82, 2.24) is 9.62 Å². The molecule has 0 spiro atoms. The zero-order valence-electron chi connectivity index (χ0n) is 10.9. The van der Waals surface area contributed by atoms with Crippen molar-refractivity contribution in [2.24, 2.45) is 0 Å². The summed E-state index contributed by atoms with van der Waals surface area (Å²) in [6, 6.07) is 1.70. The molecule has 4 nitrogen and oxygen atoms in total. The van der Waals surface area contributed by atoms with E-state index in [4.69, 9.17) is 6.42 Å². The number of rotatable bonds is 7. The number of terminal acetylenes is 1. The molecule has 7 heteroatoms. The maximum absolute atomic E-state index is 12.4. The topological polar surface area (TPSA) is 49.4 Å². The lowest BCUT2D eigenvalue weighted by atomic mass is 10.4. The molecule has 0 saturated carbocycles. The Morgan fingerprint density at radius 2 is 2.21 bits per heavy atom. The van der Waals surface area contributed by atoms with Crippen LogP contribution < -0.4 is 5.32 Å². The molecule has 0 atom stereocenters. The average Bonchev–Trinajstić information content (AvgIpc) is 2.75. The van der Waals surface area contributed by atoms with Gasteiger partial charge in [-0.25, -0.2) is 8.42 Å². The first-order chi connectivity index (χ1) is 8.97. The molecule has 0 saturated heterocycles. The Balaban J connectivity index is 3.07. The molecule has 106 valence electrons. The summed E-state index contributed by atoms with van der Waals surface area (Å²) in [7, 11) is -3.52. The van der Waals surface area contributed by atoms with E-state index in [0.717, 1.165) is 11.4 Å². The van der Waals surface area contributed by atoms with E-state index >= 15 is 0 Å². The van der Waals surface area contributed by atoms with Crippen LogP contribution in [0.25, 0.3) is 0 Å². The lowest BCUT2D eigenvalue weighted by molar-refractivity contribution is 0.464. The minimum Gasteiger partial charge on any atom is -0.312 e. The molecule has 1 aromatic heterocycles. The van der Waals surface area contributed by atoms with Gasteiger partial charge >= 0.3 is 0 Å². The van der Waals surface area contributed by atoms with E-state index in [0.29, 0.717) is 21.8 Å². The predicted octanol–water partition coefficient (Wildman–Crippen LogP) is 2.26. The maximum atomic E-state index is 12.4. The standard InChI is InChI=1S/C12H17BrN2O2S2/c1-4-7-15(6-3)19(16,17)11-8-10(9-14-5-2)18-12(11)13/h1,8,14H,5-7,9H2,2-3H3. The fourth-order valence-corrected chi connectivity index (χ4v) is 5.48. The second-order valence-corrected chi connectivity index (χ2v) is 8.13. The second kappa shape index (κ2) is 7.41. The Hall–Kier alpha value is -0.390. The normalized spacial score (nSPS) is 11.7. The Morgan fingerprint density at radius 3 is 2.74 bits per heavy atom. The summed E-state index contributed by atoms with van der Waals surface area (Å²) in [4.78, 5) is 1.27. The maximum Gasteiger partial charge on any atom is 0.245 e. The predicted molar refractivity (Wildman–Crippen MR) is 82.7 cm³/mol. The van der Waals surface area contributed by atoms with Gasteiger partial charge in [-0.3, -0.25) is 0 Å². The van der Waals surface area contributed by atoms with Gasteiger partial charge in [0.25, 0.3) is 0 Å². The zero-order valence-corrected chi connectivity index (χ0v) is 14.2. The summed E-state index contributed by atoms with van der Waals surface area (Å²) >= 11 is 4.75. The van der Waals surface area contributed by atoms with Crippen LogP contribution in [-0.2, 0) is 16.6 Å². The van der Waals surface area contributed by atoms with Gasteiger partial charge in [0.2, 0.25) is 10.0 Å². The molecule has 0 aromatic carbocycles. The number of hydrogen-bond acceptors (Lipinski definition) is 4. The van der Waals surface area contributed by atoms with Crippen molar-refractivity contribution < 1.29 is 8.42 Å². The van der Waals surface area contributed by atoms with Gasteiger partial charge in [-0.15, -0.1) is 17.8 Å². The molecule has 0 unspecified atom stereocenters. The molecule has 1 rings (SSSR count). The van der Waals surface area contributed by atoms with Crippen molar-refractivity contribution in [2.75, 3.05) is 19.6 Å². The summed E-state index contributed by atoms with van der Waals surface area (Å²) in [6.07, 6.45) is 5.21. The van der Waals surface area contributed by atoms with Crippen molar-refractivity contribution in [3.63, 3.8) is 0 Å². The third kappa shape index (κ3) is 4.04. The molecule has 0 aliphatic rings. The number of nitrogens with one attached hydrogen (secondary N) is 1. The SMILES string of the molecule is C#CCN(CC)S(=O)(=O)c1cc(CNCC)sc1Br. The van der Waals surface area contributed by atoms with Crippen molar-refractivity contribution in [1.29, 1.82) is 0 Å². The van der Waals surface area contributed by atoms with Crippen LogP contribution in [0.3, 0.4) is 0 Å². The minimum absolute atomic E-state index is 0.0870. The van der Waals surface area contributed by atoms with Gasteiger partial charge in [0.15, 0.2) is 0 Å². The smallest absolute Gasteiger partial charge is 0.245 e. The molecule has 0 radical (unpaired) electrons. The van der Waals surface area contributed by atoms with Gasteiger partial charge in [0, 0.05) is 18.0 Å². The number of nitrogens with zero attached hydrogens (tertiary/aromatic N) is 1. The molecular formula is C12H17BrN2O2S2. The highest BCUT2D eigenvalue weighted by molar-refractivity contribution is 9.11. The van der Waals surface area contributed by atoms with E-state index in [9.17, 15) is 8.42 Å². The molecule has 1 heterocycles. The fourth-order valence-electron chi connectivity index (χ4n) is 1.52.